The Kier molecular flexibility index (Phi) is 6.83. The van der Waals surface area contributed by atoms with E-state index in [1.165, 1.54) is 0 Å². The van der Waals surface area contributed by atoms with E-state index in [1.807, 2.05) is 0 Å². The van der Waals surface area contributed by atoms with E-state index in [2.05, 4.69) is 4.74 Å². The van der Waals surface area contributed by atoms with Gasteiger partial charge in [-0.2, -0.15) is 8.78 Å². The smallest absolute Gasteiger partial charge is 0.428 e. The van der Waals surface area contributed by atoms with Gasteiger partial charge in [0.1, 0.15) is 17.1 Å². The number of carbonyl (C=O) groups is 2. The fraction of sp³-hybridized carbons (Fsp3) is 0.333. The normalized spacial score (nSPS) is 13.2. The summed E-state index contributed by atoms with van der Waals surface area (Å²) in [7, 11) is -6.17. The first-order chi connectivity index (χ1) is 10.6. The summed E-state index contributed by atoms with van der Waals surface area (Å²) >= 11 is 1.80. The Morgan fingerprint density at radius 1 is 1.17 bits per heavy atom. The highest BCUT2D eigenvalue weighted by Gasteiger charge is 2.48. The van der Waals surface area contributed by atoms with Crippen LogP contribution in [0.15, 0.2) is 30.3 Å². The van der Waals surface area contributed by atoms with Gasteiger partial charge in [0.2, 0.25) is 0 Å². The number of rotatable bonds is 7. The molecule has 0 fully saturated rings. The molecule has 11 heteroatoms. The van der Waals surface area contributed by atoms with Crippen LogP contribution in [0.2, 0.25) is 0 Å². The number of alkyl halides is 3. The molecule has 1 rings (SSSR count). The van der Waals surface area contributed by atoms with Crippen LogP contribution in [0.25, 0.3) is 0 Å². The average molecular weight is 463 g/mol. The van der Waals surface area contributed by atoms with Gasteiger partial charge in [-0.25, -0.2) is 13.2 Å². The van der Waals surface area contributed by atoms with E-state index in [-0.39, 0.29) is 0 Å². The maximum atomic E-state index is 12.8. The second-order valence-corrected chi connectivity index (χ2v) is 6.71. The molecule has 23 heavy (non-hydrogen) atoms. The molecule has 7 nitrogen and oxygen atoms in total. The Morgan fingerprint density at radius 2 is 1.70 bits per heavy atom. The van der Waals surface area contributed by atoms with Crippen molar-refractivity contribution in [3.63, 3.8) is 0 Å². The van der Waals surface area contributed by atoms with Gasteiger partial charge >= 0.3 is 17.2 Å². The molecule has 0 saturated carbocycles. The maximum Gasteiger partial charge on any atom is 0.428 e. The van der Waals surface area contributed by atoms with Crippen molar-refractivity contribution >= 4 is 44.6 Å². The molecule has 1 atom stereocenters. The number of benzene rings is 1. The van der Waals surface area contributed by atoms with Crippen molar-refractivity contribution in [2.45, 2.75) is 9.18 Å². The molecule has 1 aromatic rings. The molecule has 0 aliphatic carbocycles. The summed E-state index contributed by atoms with van der Waals surface area (Å²) in [6.07, 6.45) is 0. The van der Waals surface area contributed by atoms with Crippen LogP contribution in [0.5, 0.6) is 0 Å². The Bertz CT molecular complexity index is 663. The minimum atomic E-state index is -6.17. The number of halogens is 3. The number of esters is 2. The Morgan fingerprint density at radius 3 is 2.22 bits per heavy atom. The summed E-state index contributed by atoms with van der Waals surface area (Å²) in [5, 5.41) is -5.19. The van der Waals surface area contributed by atoms with Gasteiger partial charge in [0.05, 0.1) is 0 Å². The molecule has 0 radical (unpaired) electrons. The molecule has 128 valence electrons. The third-order valence-corrected chi connectivity index (χ3v) is 4.43. The maximum absolute atomic E-state index is 12.8. The lowest BCUT2D eigenvalue weighted by atomic mass is 10.2. The lowest BCUT2D eigenvalue weighted by Gasteiger charge is -2.18. The van der Waals surface area contributed by atoms with E-state index in [0.29, 0.717) is 5.56 Å². The van der Waals surface area contributed by atoms with E-state index in [1.54, 1.807) is 52.9 Å². The molecule has 1 unspecified atom stereocenters. The second kappa shape index (κ2) is 7.97. The van der Waals surface area contributed by atoms with Crippen LogP contribution < -0.4 is 0 Å². The predicted molar refractivity (Wildman–Crippen MR) is 79.8 cm³/mol. The fourth-order valence-corrected chi connectivity index (χ4v) is 2.15. The highest BCUT2D eigenvalue weighted by Crippen LogP contribution is 2.24. The summed E-state index contributed by atoms with van der Waals surface area (Å²) in [4.78, 5) is 22.5. The molecule has 0 heterocycles. The Labute approximate surface area is 143 Å². The SMILES string of the molecule is O=C(OCCOC(=O)C(F)(F)S(=O)(=O)[O-])C(I)c1ccccc1. The van der Waals surface area contributed by atoms with E-state index >= 15 is 0 Å². The third-order valence-electron chi connectivity index (χ3n) is 2.41. The van der Waals surface area contributed by atoms with Crippen molar-refractivity contribution in [3.05, 3.63) is 35.9 Å². The average Bonchev–Trinajstić information content (AvgIpc) is 2.50. The van der Waals surface area contributed by atoms with Crippen LogP contribution in [0.1, 0.15) is 9.49 Å². The zero-order valence-corrected chi connectivity index (χ0v) is 14.3. The number of hydrogen-bond donors (Lipinski definition) is 0. The van der Waals surface area contributed by atoms with E-state index in [9.17, 15) is 31.3 Å². The lowest BCUT2D eigenvalue weighted by molar-refractivity contribution is -0.165. The van der Waals surface area contributed by atoms with Crippen LogP contribution in [-0.4, -0.2) is 43.4 Å². The van der Waals surface area contributed by atoms with E-state index in [4.69, 9.17) is 4.74 Å². The van der Waals surface area contributed by atoms with Crippen molar-refractivity contribution in [1.82, 2.24) is 0 Å². The van der Waals surface area contributed by atoms with E-state index in [0.717, 1.165) is 0 Å². The third kappa shape index (κ3) is 5.35. The van der Waals surface area contributed by atoms with Crippen molar-refractivity contribution in [3.8, 4) is 0 Å². The predicted octanol–water partition coefficient (Wildman–Crippen LogP) is 1.39. The molecule has 0 amide bonds. The van der Waals surface area contributed by atoms with Crippen molar-refractivity contribution in [1.29, 1.82) is 0 Å². The topological polar surface area (TPSA) is 110 Å². The zero-order chi connectivity index (χ0) is 17.7. The summed E-state index contributed by atoms with van der Waals surface area (Å²) in [5.74, 6) is -3.21. The molecule has 0 N–H and O–H groups in total. The van der Waals surface area contributed by atoms with Crippen LogP contribution in [0.3, 0.4) is 0 Å². The van der Waals surface area contributed by atoms with Gasteiger partial charge in [-0.05, 0) is 5.56 Å². The van der Waals surface area contributed by atoms with Gasteiger partial charge in [0, 0.05) is 0 Å². The molecule has 0 aromatic heterocycles. The van der Waals surface area contributed by atoms with Gasteiger partial charge in [-0.15, -0.1) is 0 Å². The first-order valence-corrected chi connectivity index (χ1v) is 8.59. The standard InChI is InChI=1S/C12H11F2IO7S/c13-12(14,23(18,19)20)11(17)22-7-6-21-10(16)9(15)8-4-2-1-3-5-8/h1-5,9H,6-7H2,(H,18,19,20)/p-1. The van der Waals surface area contributed by atoms with Crippen molar-refractivity contribution < 1.29 is 40.8 Å². The Balaban J connectivity index is 2.43. The Hall–Kier alpha value is -1.34. The quantitative estimate of drug-likeness (QED) is 0.198. The molecule has 1 aromatic carbocycles. The minimum Gasteiger partial charge on any atom is -0.743 e. The van der Waals surface area contributed by atoms with Crippen LogP contribution in [-0.2, 0) is 29.2 Å². The zero-order valence-electron chi connectivity index (χ0n) is 11.3. The van der Waals surface area contributed by atoms with Gasteiger partial charge in [0.15, 0.2) is 10.1 Å². The minimum absolute atomic E-state index is 0.564. The largest absolute Gasteiger partial charge is 0.743 e. The highest BCUT2D eigenvalue weighted by atomic mass is 127. The molecule has 0 spiro atoms. The molecular weight excluding hydrogens is 453 g/mol. The van der Waals surface area contributed by atoms with Gasteiger partial charge in [-0.3, -0.25) is 4.79 Å². The first kappa shape index (κ1) is 19.7. The summed E-state index contributed by atoms with van der Waals surface area (Å²) in [5.41, 5.74) is 0.652. The van der Waals surface area contributed by atoms with Crippen LogP contribution in [0.4, 0.5) is 8.78 Å². The second-order valence-electron chi connectivity index (χ2n) is 4.05. The lowest BCUT2D eigenvalue weighted by Crippen LogP contribution is -2.39. The molecule has 0 aliphatic rings. The fourth-order valence-electron chi connectivity index (χ4n) is 1.29. The highest BCUT2D eigenvalue weighted by molar-refractivity contribution is 14.1. The molecule has 0 saturated heterocycles. The number of ether oxygens (including phenoxy) is 2. The summed E-state index contributed by atoms with van der Waals surface area (Å²) < 4.78 is 64.1. The summed E-state index contributed by atoms with van der Waals surface area (Å²) in [6, 6.07) is 8.53. The van der Waals surface area contributed by atoms with Crippen molar-refractivity contribution in [2.24, 2.45) is 0 Å². The molecule has 0 bridgehead atoms. The molecular formula is C12H10F2IO7S-. The van der Waals surface area contributed by atoms with Gasteiger partial charge in [-0.1, -0.05) is 52.9 Å². The van der Waals surface area contributed by atoms with Gasteiger partial charge in [0.25, 0.3) is 0 Å². The van der Waals surface area contributed by atoms with Gasteiger partial charge < -0.3 is 14.0 Å². The van der Waals surface area contributed by atoms with E-state index < -0.39 is 44.4 Å². The summed E-state index contributed by atoms with van der Waals surface area (Å²) in [6.45, 7) is -1.38. The van der Waals surface area contributed by atoms with Crippen LogP contribution >= 0.6 is 22.6 Å². The monoisotopic (exact) mass is 463 g/mol. The van der Waals surface area contributed by atoms with Crippen molar-refractivity contribution in [2.75, 3.05) is 13.2 Å². The number of carbonyl (C=O) groups excluding carboxylic acids is 2. The first-order valence-electron chi connectivity index (χ1n) is 5.93. The molecule has 0 aliphatic heterocycles. The van der Waals surface area contributed by atoms with Crippen LogP contribution in [0, 0.1) is 0 Å². The number of hydrogen-bond acceptors (Lipinski definition) is 7.